The van der Waals surface area contributed by atoms with Crippen molar-refractivity contribution in [1.29, 1.82) is 0 Å². The van der Waals surface area contributed by atoms with Crippen molar-refractivity contribution in [3.63, 3.8) is 0 Å². The van der Waals surface area contributed by atoms with E-state index in [4.69, 9.17) is 5.73 Å². The van der Waals surface area contributed by atoms with Gasteiger partial charge in [-0.25, -0.2) is 0 Å². The summed E-state index contributed by atoms with van der Waals surface area (Å²) in [5.41, 5.74) is 6.21. The highest BCUT2D eigenvalue weighted by molar-refractivity contribution is 5.00. The van der Waals surface area contributed by atoms with E-state index in [0.717, 1.165) is 12.6 Å². The van der Waals surface area contributed by atoms with E-state index >= 15 is 0 Å². The molecule has 1 aliphatic heterocycles. The van der Waals surface area contributed by atoms with Crippen molar-refractivity contribution in [3.8, 4) is 0 Å². The molecule has 2 aliphatic rings. The Morgan fingerprint density at radius 1 is 1.33 bits per heavy atom. The van der Waals surface area contributed by atoms with Gasteiger partial charge in [-0.1, -0.05) is 12.8 Å². The maximum absolute atomic E-state index is 5.96. The number of rotatable bonds is 3. The van der Waals surface area contributed by atoms with Gasteiger partial charge >= 0.3 is 0 Å². The first-order valence-electron chi connectivity index (χ1n) is 6.29. The molecule has 15 heavy (non-hydrogen) atoms. The zero-order chi connectivity index (χ0) is 10.9. The van der Waals surface area contributed by atoms with Gasteiger partial charge in [0.2, 0.25) is 0 Å². The second kappa shape index (κ2) is 4.40. The standard InChI is InChI=1S/C12H25N3/c1-14(2)12(9-13)7-8-15(10-12)11-5-3-4-6-11/h11H,3-10,13H2,1-2H3. The van der Waals surface area contributed by atoms with Gasteiger partial charge in [0.05, 0.1) is 0 Å². The fraction of sp³-hybridized carbons (Fsp3) is 1.00. The quantitative estimate of drug-likeness (QED) is 0.752. The van der Waals surface area contributed by atoms with Crippen molar-refractivity contribution in [1.82, 2.24) is 9.80 Å². The predicted octanol–water partition coefficient (Wildman–Crippen LogP) is 0.894. The Morgan fingerprint density at radius 2 is 2.00 bits per heavy atom. The molecule has 1 saturated carbocycles. The Kier molecular flexibility index (Phi) is 3.33. The minimum atomic E-state index is 0.253. The minimum absolute atomic E-state index is 0.253. The van der Waals surface area contributed by atoms with Gasteiger partial charge in [0, 0.05) is 31.2 Å². The molecule has 2 rings (SSSR count). The Morgan fingerprint density at radius 3 is 2.47 bits per heavy atom. The van der Waals surface area contributed by atoms with E-state index in [-0.39, 0.29) is 5.54 Å². The lowest BCUT2D eigenvalue weighted by Gasteiger charge is -2.36. The van der Waals surface area contributed by atoms with Gasteiger partial charge in [0.1, 0.15) is 0 Å². The zero-order valence-corrected chi connectivity index (χ0v) is 10.2. The molecule has 0 amide bonds. The molecule has 0 bridgehead atoms. The van der Waals surface area contributed by atoms with Crippen LogP contribution >= 0.6 is 0 Å². The predicted molar refractivity (Wildman–Crippen MR) is 63.9 cm³/mol. The molecule has 1 heterocycles. The van der Waals surface area contributed by atoms with Crippen LogP contribution in [0, 0.1) is 0 Å². The summed E-state index contributed by atoms with van der Waals surface area (Å²) in [6, 6.07) is 0.860. The molecule has 3 nitrogen and oxygen atoms in total. The van der Waals surface area contributed by atoms with Crippen LogP contribution in [0.4, 0.5) is 0 Å². The van der Waals surface area contributed by atoms with Crippen LogP contribution in [0.1, 0.15) is 32.1 Å². The van der Waals surface area contributed by atoms with Crippen LogP contribution in [0.15, 0.2) is 0 Å². The topological polar surface area (TPSA) is 32.5 Å². The molecule has 0 spiro atoms. The highest BCUT2D eigenvalue weighted by Gasteiger charge is 2.41. The van der Waals surface area contributed by atoms with Crippen LogP contribution in [0.3, 0.4) is 0 Å². The second-order valence-electron chi connectivity index (χ2n) is 5.48. The third-order valence-corrected chi connectivity index (χ3v) is 4.53. The van der Waals surface area contributed by atoms with Crippen LogP contribution in [0.2, 0.25) is 0 Å². The molecule has 0 aromatic heterocycles. The summed E-state index contributed by atoms with van der Waals surface area (Å²) in [4.78, 5) is 5.02. The maximum atomic E-state index is 5.96. The molecular weight excluding hydrogens is 186 g/mol. The number of hydrogen-bond acceptors (Lipinski definition) is 3. The fourth-order valence-corrected chi connectivity index (χ4v) is 3.18. The van der Waals surface area contributed by atoms with Crippen LogP contribution in [0.5, 0.6) is 0 Å². The summed E-state index contributed by atoms with van der Waals surface area (Å²) in [6.45, 7) is 3.23. The van der Waals surface area contributed by atoms with Crippen LogP contribution in [0.25, 0.3) is 0 Å². The lowest BCUT2D eigenvalue weighted by molar-refractivity contribution is 0.145. The normalized spacial score (nSPS) is 34.4. The lowest BCUT2D eigenvalue weighted by atomic mass is 9.97. The third kappa shape index (κ3) is 2.05. The monoisotopic (exact) mass is 211 g/mol. The van der Waals surface area contributed by atoms with E-state index in [1.807, 2.05) is 0 Å². The van der Waals surface area contributed by atoms with Gasteiger partial charge in [-0.2, -0.15) is 0 Å². The van der Waals surface area contributed by atoms with E-state index in [2.05, 4.69) is 23.9 Å². The molecule has 0 aromatic rings. The van der Waals surface area contributed by atoms with Crippen molar-refractivity contribution in [2.75, 3.05) is 33.7 Å². The number of likely N-dealkylation sites (N-methyl/N-ethyl adjacent to an activating group) is 1. The molecule has 1 atom stereocenters. The van der Waals surface area contributed by atoms with Crippen molar-refractivity contribution >= 4 is 0 Å². The van der Waals surface area contributed by atoms with Gasteiger partial charge in [-0.05, 0) is 33.4 Å². The molecule has 2 fully saturated rings. The average Bonchev–Trinajstić information content (AvgIpc) is 2.87. The lowest BCUT2D eigenvalue weighted by Crippen LogP contribution is -2.52. The Balaban J connectivity index is 1.97. The third-order valence-electron chi connectivity index (χ3n) is 4.53. The van der Waals surface area contributed by atoms with Crippen LogP contribution < -0.4 is 5.73 Å². The van der Waals surface area contributed by atoms with E-state index < -0.39 is 0 Å². The van der Waals surface area contributed by atoms with Crippen molar-refractivity contribution in [2.45, 2.75) is 43.7 Å². The molecule has 1 aliphatic carbocycles. The number of nitrogens with zero attached hydrogens (tertiary/aromatic N) is 2. The van der Waals surface area contributed by atoms with Gasteiger partial charge in [-0.3, -0.25) is 4.90 Å². The molecule has 0 radical (unpaired) electrons. The molecule has 88 valence electrons. The molecule has 1 unspecified atom stereocenters. The molecule has 1 saturated heterocycles. The van der Waals surface area contributed by atoms with Crippen molar-refractivity contribution < 1.29 is 0 Å². The van der Waals surface area contributed by atoms with Crippen molar-refractivity contribution in [2.24, 2.45) is 5.73 Å². The second-order valence-corrected chi connectivity index (χ2v) is 5.48. The highest BCUT2D eigenvalue weighted by Crippen LogP contribution is 2.32. The van der Waals surface area contributed by atoms with Gasteiger partial charge in [0.15, 0.2) is 0 Å². The van der Waals surface area contributed by atoms with Crippen molar-refractivity contribution in [3.05, 3.63) is 0 Å². The zero-order valence-electron chi connectivity index (χ0n) is 10.2. The summed E-state index contributed by atoms with van der Waals surface area (Å²) < 4.78 is 0. The van der Waals surface area contributed by atoms with E-state index in [9.17, 15) is 0 Å². The first-order chi connectivity index (χ1) is 7.18. The van der Waals surface area contributed by atoms with Gasteiger partial charge < -0.3 is 10.6 Å². The summed E-state index contributed by atoms with van der Waals surface area (Å²) in [7, 11) is 4.34. The summed E-state index contributed by atoms with van der Waals surface area (Å²) in [5, 5.41) is 0. The summed E-state index contributed by atoms with van der Waals surface area (Å²) in [5.74, 6) is 0. The number of hydrogen-bond donors (Lipinski definition) is 1. The SMILES string of the molecule is CN(C)C1(CN)CCN(C2CCCC2)C1. The average molecular weight is 211 g/mol. The highest BCUT2D eigenvalue weighted by atomic mass is 15.3. The van der Waals surface area contributed by atoms with Crippen LogP contribution in [-0.2, 0) is 0 Å². The Hall–Kier alpha value is -0.120. The Bertz CT molecular complexity index is 211. The molecule has 3 heteroatoms. The van der Waals surface area contributed by atoms with Gasteiger partial charge in [0.25, 0.3) is 0 Å². The van der Waals surface area contributed by atoms with Gasteiger partial charge in [-0.15, -0.1) is 0 Å². The molecule has 2 N–H and O–H groups in total. The molecule has 0 aromatic carbocycles. The fourth-order valence-electron chi connectivity index (χ4n) is 3.18. The maximum Gasteiger partial charge on any atom is 0.0464 e. The van der Waals surface area contributed by atoms with E-state index in [0.29, 0.717) is 0 Å². The summed E-state index contributed by atoms with van der Waals surface area (Å²) >= 11 is 0. The van der Waals surface area contributed by atoms with E-state index in [1.54, 1.807) is 0 Å². The summed E-state index contributed by atoms with van der Waals surface area (Å²) in [6.07, 6.45) is 6.92. The minimum Gasteiger partial charge on any atom is -0.329 e. The smallest absolute Gasteiger partial charge is 0.0464 e. The first-order valence-corrected chi connectivity index (χ1v) is 6.29. The number of nitrogens with two attached hydrogens (primary N) is 1. The number of likely N-dealkylation sites (tertiary alicyclic amines) is 1. The molecular formula is C12H25N3. The van der Waals surface area contributed by atoms with E-state index in [1.165, 1.54) is 45.2 Å². The van der Waals surface area contributed by atoms with Crippen LogP contribution in [-0.4, -0.2) is 55.1 Å². The Labute approximate surface area is 93.6 Å². The largest absolute Gasteiger partial charge is 0.329 e. The first kappa shape index (κ1) is 11.4.